The van der Waals surface area contributed by atoms with Gasteiger partial charge in [0.2, 0.25) is 0 Å². The fourth-order valence-electron chi connectivity index (χ4n) is 5.75. The lowest BCUT2D eigenvalue weighted by molar-refractivity contribution is -0.167. The van der Waals surface area contributed by atoms with Crippen LogP contribution in [0.4, 0.5) is 0 Å². The lowest BCUT2D eigenvalue weighted by atomic mass is 9.76. The molecule has 2 unspecified atom stereocenters. The minimum absolute atomic E-state index is 0.0855. The molecule has 2 aliphatic rings. The molecule has 8 nitrogen and oxygen atoms in total. The first-order chi connectivity index (χ1) is 17.2. The van der Waals surface area contributed by atoms with Crippen molar-refractivity contribution in [1.82, 2.24) is 19.6 Å². The van der Waals surface area contributed by atoms with E-state index in [1.54, 1.807) is 11.4 Å². The Morgan fingerprint density at radius 3 is 2.56 bits per heavy atom. The van der Waals surface area contributed by atoms with Crippen LogP contribution in [0.1, 0.15) is 79.9 Å². The molecule has 0 amide bonds. The Kier molecular flexibility index (Phi) is 6.55. The number of carbonyl (C=O) groups excluding carboxylic acids is 1. The molecule has 0 radical (unpaired) electrons. The second kappa shape index (κ2) is 9.65. The van der Waals surface area contributed by atoms with E-state index in [-0.39, 0.29) is 23.7 Å². The highest BCUT2D eigenvalue weighted by molar-refractivity contribution is 5.90. The van der Waals surface area contributed by atoms with E-state index in [1.807, 2.05) is 44.2 Å². The Labute approximate surface area is 211 Å². The first-order valence-corrected chi connectivity index (χ1v) is 12.9. The van der Waals surface area contributed by atoms with Crippen LogP contribution in [-0.4, -0.2) is 41.4 Å². The van der Waals surface area contributed by atoms with Crippen LogP contribution >= 0.6 is 0 Å². The topological polar surface area (TPSA) is 110 Å². The number of carbonyl (C=O) groups is 1. The number of aliphatic hydroxyl groups is 2. The molecule has 2 aromatic heterocycles. The van der Waals surface area contributed by atoms with E-state index < -0.39 is 17.7 Å². The van der Waals surface area contributed by atoms with Gasteiger partial charge in [-0.05, 0) is 69.6 Å². The second-order valence-corrected chi connectivity index (χ2v) is 10.4. The van der Waals surface area contributed by atoms with Crippen LogP contribution in [0.5, 0.6) is 0 Å². The summed E-state index contributed by atoms with van der Waals surface area (Å²) in [5.41, 5.74) is 3.26. The Morgan fingerprint density at radius 1 is 1.17 bits per heavy atom. The number of cyclic esters (lactones) is 1. The van der Waals surface area contributed by atoms with Gasteiger partial charge in [0.15, 0.2) is 5.82 Å². The minimum Gasteiger partial charge on any atom is -0.512 e. The summed E-state index contributed by atoms with van der Waals surface area (Å²) >= 11 is 0. The molecule has 3 heterocycles. The van der Waals surface area contributed by atoms with Crippen molar-refractivity contribution in [2.75, 3.05) is 0 Å². The summed E-state index contributed by atoms with van der Waals surface area (Å²) < 4.78 is 7.89. The monoisotopic (exact) mass is 490 g/mol. The number of aromatic nitrogens is 4. The third-order valence-electron chi connectivity index (χ3n) is 7.75. The number of benzene rings is 1. The summed E-state index contributed by atoms with van der Waals surface area (Å²) in [5, 5.41) is 25.4. The molecule has 2 atom stereocenters. The Hall–Kier alpha value is -3.26. The molecule has 190 valence electrons. The van der Waals surface area contributed by atoms with Crippen LogP contribution in [0.25, 0.3) is 5.78 Å². The van der Waals surface area contributed by atoms with E-state index in [1.165, 1.54) is 0 Å². The van der Waals surface area contributed by atoms with Gasteiger partial charge in [0.1, 0.15) is 11.4 Å². The summed E-state index contributed by atoms with van der Waals surface area (Å²) in [6.45, 7) is 5.58. The highest BCUT2D eigenvalue weighted by Crippen LogP contribution is 2.46. The third kappa shape index (κ3) is 4.74. The number of ether oxygens (including phenoxy) is 1. The third-order valence-corrected chi connectivity index (χ3v) is 7.75. The van der Waals surface area contributed by atoms with Crippen LogP contribution in [0, 0.1) is 19.8 Å². The zero-order valence-corrected chi connectivity index (χ0v) is 21.2. The first-order valence-electron chi connectivity index (χ1n) is 12.9. The van der Waals surface area contributed by atoms with E-state index >= 15 is 0 Å². The molecule has 0 spiro atoms. The molecule has 8 heteroatoms. The van der Waals surface area contributed by atoms with Crippen LogP contribution in [0.15, 0.2) is 41.7 Å². The molecule has 1 aliphatic heterocycles. The molecule has 5 rings (SSSR count). The number of hydrogen-bond donors (Lipinski definition) is 2. The highest BCUT2D eigenvalue weighted by Gasteiger charge is 2.48. The van der Waals surface area contributed by atoms with E-state index in [0.717, 1.165) is 54.6 Å². The molecular formula is C28H34N4O4. The fraction of sp³-hybridized carbons (Fsp3) is 0.500. The van der Waals surface area contributed by atoms with Gasteiger partial charge in [0, 0.05) is 24.2 Å². The van der Waals surface area contributed by atoms with Gasteiger partial charge in [0.25, 0.3) is 5.78 Å². The number of rotatable bonds is 7. The van der Waals surface area contributed by atoms with Crippen molar-refractivity contribution in [3.63, 3.8) is 0 Å². The molecule has 3 aromatic rings. The summed E-state index contributed by atoms with van der Waals surface area (Å²) in [4.78, 5) is 22.2. The summed E-state index contributed by atoms with van der Waals surface area (Å²) in [6.07, 6.45) is 5.50. The first kappa shape index (κ1) is 24.4. The van der Waals surface area contributed by atoms with E-state index in [4.69, 9.17) is 4.74 Å². The number of aliphatic hydroxyl groups excluding tert-OH is 2. The quantitative estimate of drug-likeness (QED) is 0.464. The molecule has 36 heavy (non-hydrogen) atoms. The van der Waals surface area contributed by atoms with Gasteiger partial charge in [0.05, 0.1) is 11.7 Å². The SMILES string of the molecule is Cc1cc(C)n2nc(CC3=C(O)CC(CCc4ccc(C(C)O)cc4)(C4CCCC4)OC3=O)nc2n1. The van der Waals surface area contributed by atoms with Crippen molar-refractivity contribution in [3.8, 4) is 0 Å². The van der Waals surface area contributed by atoms with Gasteiger partial charge in [-0.3, -0.25) is 0 Å². The molecule has 1 aliphatic carbocycles. The lowest BCUT2D eigenvalue weighted by Crippen LogP contribution is -2.46. The van der Waals surface area contributed by atoms with E-state index in [0.29, 0.717) is 24.4 Å². The Morgan fingerprint density at radius 2 is 1.89 bits per heavy atom. The standard InChI is InChI=1S/C28H34N4O4/c1-17-14-18(2)32-27(29-17)30-25(31-32)15-23-24(34)16-28(36-26(23)35,22-6-4-5-7-22)13-12-20-8-10-21(11-9-20)19(3)33/h8-11,14,19,22,33-34H,4-7,12-13,15-16H2,1-3H3. The zero-order valence-electron chi connectivity index (χ0n) is 21.2. The van der Waals surface area contributed by atoms with Crippen molar-refractivity contribution in [2.45, 2.75) is 83.8 Å². The van der Waals surface area contributed by atoms with E-state index in [9.17, 15) is 15.0 Å². The molecule has 1 aromatic carbocycles. The maximum absolute atomic E-state index is 13.3. The minimum atomic E-state index is -0.717. The molecule has 2 N–H and O–H groups in total. The zero-order chi connectivity index (χ0) is 25.4. The largest absolute Gasteiger partial charge is 0.512 e. The summed E-state index contributed by atoms with van der Waals surface area (Å²) in [7, 11) is 0. The second-order valence-electron chi connectivity index (χ2n) is 10.4. The Bertz CT molecular complexity index is 1310. The molecular weight excluding hydrogens is 456 g/mol. The van der Waals surface area contributed by atoms with Gasteiger partial charge < -0.3 is 14.9 Å². The van der Waals surface area contributed by atoms with Gasteiger partial charge in [-0.25, -0.2) is 14.3 Å². The molecule has 0 bridgehead atoms. The van der Waals surface area contributed by atoms with Crippen LogP contribution < -0.4 is 0 Å². The maximum Gasteiger partial charge on any atom is 0.338 e. The number of aryl methyl sites for hydroxylation is 3. The van der Waals surface area contributed by atoms with Crippen molar-refractivity contribution in [2.24, 2.45) is 5.92 Å². The maximum atomic E-state index is 13.3. The average Bonchev–Trinajstić information content (AvgIpc) is 3.51. The van der Waals surface area contributed by atoms with Crippen molar-refractivity contribution >= 4 is 11.7 Å². The summed E-state index contributed by atoms with van der Waals surface area (Å²) in [6, 6.07) is 9.83. The van der Waals surface area contributed by atoms with Gasteiger partial charge in [-0.15, -0.1) is 5.10 Å². The predicted molar refractivity (Wildman–Crippen MR) is 134 cm³/mol. The highest BCUT2D eigenvalue weighted by atomic mass is 16.6. The Balaban J connectivity index is 1.38. The van der Waals surface area contributed by atoms with Gasteiger partial charge in [-0.1, -0.05) is 37.1 Å². The fourth-order valence-corrected chi connectivity index (χ4v) is 5.75. The van der Waals surface area contributed by atoms with Crippen LogP contribution in [0.3, 0.4) is 0 Å². The number of fused-ring (bicyclic) bond motifs is 1. The van der Waals surface area contributed by atoms with Gasteiger partial charge >= 0.3 is 5.97 Å². The van der Waals surface area contributed by atoms with Crippen LogP contribution in [0.2, 0.25) is 0 Å². The van der Waals surface area contributed by atoms with Crippen molar-refractivity contribution < 1.29 is 19.7 Å². The van der Waals surface area contributed by atoms with Gasteiger partial charge in [-0.2, -0.15) is 4.98 Å². The summed E-state index contributed by atoms with van der Waals surface area (Å²) in [5.74, 6) is 0.747. The predicted octanol–water partition coefficient (Wildman–Crippen LogP) is 4.66. The lowest BCUT2D eigenvalue weighted by Gasteiger charge is -2.41. The van der Waals surface area contributed by atoms with E-state index in [2.05, 4.69) is 15.1 Å². The number of esters is 1. The number of nitrogens with zero attached hydrogens (tertiary/aromatic N) is 4. The van der Waals surface area contributed by atoms with Crippen molar-refractivity contribution in [3.05, 3.63) is 70.0 Å². The molecule has 0 saturated heterocycles. The smallest absolute Gasteiger partial charge is 0.338 e. The molecule has 1 fully saturated rings. The van der Waals surface area contributed by atoms with Crippen LogP contribution in [-0.2, 0) is 22.4 Å². The average molecular weight is 491 g/mol. The normalized spacial score (nSPS) is 21.8. The molecule has 1 saturated carbocycles. The number of hydrogen-bond acceptors (Lipinski definition) is 7. The van der Waals surface area contributed by atoms with Crippen molar-refractivity contribution in [1.29, 1.82) is 0 Å².